The van der Waals surface area contributed by atoms with Gasteiger partial charge in [-0.15, -0.1) is 22.7 Å². The van der Waals surface area contributed by atoms with Crippen LogP contribution in [0.1, 0.15) is 27.6 Å². The molecule has 0 amide bonds. The number of rotatable bonds is 4. The predicted octanol–water partition coefficient (Wildman–Crippen LogP) is 5.73. The molecule has 1 unspecified atom stereocenters. The monoisotopic (exact) mass is 365 g/mol. The molecule has 0 bridgehead atoms. The quantitative estimate of drug-likeness (QED) is 0.622. The minimum atomic E-state index is 0.283. The smallest absolute Gasteiger partial charge is 0.0776 e. The molecule has 3 aromatic rings. The van der Waals surface area contributed by atoms with Gasteiger partial charge in [0.15, 0.2) is 0 Å². The van der Waals surface area contributed by atoms with E-state index < -0.39 is 0 Å². The van der Waals surface area contributed by atoms with Gasteiger partial charge in [-0.2, -0.15) is 0 Å². The summed E-state index contributed by atoms with van der Waals surface area (Å²) in [4.78, 5) is 4.10. The van der Waals surface area contributed by atoms with Crippen LogP contribution in [-0.2, 0) is 0 Å². The van der Waals surface area contributed by atoms with Crippen molar-refractivity contribution in [3.63, 3.8) is 0 Å². The molecule has 3 rings (SSSR count). The summed E-state index contributed by atoms with van der Waals surface area (Å²) in [5, 5.41) is 4.95. The standard InChI is InChI=1S/C16H16BrNS2/c1-3-18-15(16-12(17)8-10(2)19-16)14-9-11-6-4-5-7-13(11)20-14/h4-9,15,18H,3H2,1-2H3. The lowest BCUT2D eigenvalue weighted by Gasteiger charge is -2.15. The van der Waals surface area contributed by atoms with Gasteiger partial charge in [0.05, 0.1) is 6.04 Å². The third-order valence-electron chi connectivity index (χ3n) is 3.24. The maximum absolute atomic E-state index is 3.70. The minimum Gasteiger partial charge on any atom is -0.305 e. The lowest BCUT2D eigenvalue weighted by molar-refractivity contribution is 0.647. The summed E-state index contributed by atoms with van der Waals surface area (Å²) < 4.78 is 2.57. The first-order valence-electron chi connectivity index (χ1n) is 6.66. The van der Waals surface area contributed by atoms with E-state index in [1.165, 1.54) is 29.2 Å². The van der Waals surface area contributed by atoms with Gasteiger partial charge in [0.25, 0.3) is 0 Å². The number of aryl methyl sites for hydroxylation is 1. The molecular weight excluding hydrogens is 350 g/mol. The van der Waals surface area contributed by atoms with Crippen LogP contribution in [0.15, 0.2) is 40.9 Å². The first-order chi connectivity index (χ1) is 9.69. The summed E-state index contributed by atoms with van der Waals surface area (Å²) in [6.45, 7) is 5.28. The molecule has 4 heteroatoms. The first-order valence-corrected chi connectivity index (χ1v) is 9.09. The van der Waals surface area contributed by atoms with Gasteiger partial charge in [-0.3, -0.25) is 0 Å². The molecule has 1 atom stereocenters. The van der Waals surface area contributed by atoms with Crippen molar-refractivity contribution in [1.82, 2.24) is 5.32 Å². The number of fused-ring (bicyclic) bond motifs is 1. The van der Waals surface area contributed by atoms with E-state index in [1.807, 2.05) is 22.7 Å². The number of hydrogen-bond donors (Lipinski definition) is 1. The first kappa shape index (κ1) is 14.3. The van der Waals surface area contributed by atoms with Crippen LogP contribution in [0.3, 0.4) is 0 Å². The molecule has 1 aromatic carbocycles. The minimum absolute atomic E-state index is 0.283. The number of nitrogens with one attached hydrogen (secondary N) is 1. The van der Waals surface area contributed by atoms with Crippen LogP contribution >= 0.6 is 38.6 Å². The lowest BCUT2D eigenvalue weighted by Crippen LogP contribution is -2.20. The number of benzene rings is 1. The molecule has 0 aliphatic heterocycles. The van der Waals surface area contributed by atoms with E-state index in [4.69, 9.17) is 0 Å². The molecule has 1 nitrogen and oxygen atoms in total. The van der Waals surface area contributed by atoms with Crippen molar-refractivity contribution in [2.75, 3.05) is 6.54 Å². The fourth-order valence-electron chi connectivity index (χ4n) is 2.37. The number of thiophene rings is 2. The number of halogens is 1. The Morgan fingerprint density at radius 1 is 1.20 bits per heavy atom. The summed E-state index contributed by atoms with van der Waals surface area (Å²) in [6, 6.07) is 13.4. The highest BCUT2D eigenvalue weighted by Crippen LogP contribution is 2.39. The summed E-state index contributed by atoms with van der Waals surface area (Å²) in [5.74, 6) is 0. The molecule has 0 saturated heterocycles. The summed E-state index contributed by atoms with van der Waals surface area (Å²) >= 11 is 7.45. The highest BCUT2D eigenvalue weighted by Gasteiger charge is 2.20. The van der Waals surface area contributed by atoms with Crippen molar-refractivity contribution in [3.05, 3.63) is 55.5 Å². The highest BCUT2D eigenvalue weighted by molar-refractivity contribution is 9.10. The molecular formula is C16H16BrNS2. The van der Waals surface area contributed by atoms with Gasteiger partial charge < -0.3 is 5.32 Å². The summed E-state index contributed by atoms with van der Waals surface area (Å²) in [6.07, 6.45) is 0. The van der Waals surface area contributed by atoms with Gasteiger partial charge in [0.2, 0.25) is 0 Å². The van der Waals surface area contributed by atoms with Crippen LogP contribution in [0.2, 0.25) is 0 Å². The Morgan fingerprint density at radius 2 is 2.00 bits per heavy atom. The molecule has 0 aliphatic rings. The molecule has 20 heavy (non-hydrogen) atoms. The maximum Gasteiger partial charge on any atom is 0.0776 e. The average Bonchev–Trinajstić information content (AvgIpc) is 2.99. The van der Waals surface area contributed by atoms with Crippen LogP contribution in [-0.4, -0.2) is 6.54 Å². The fraction of sp³-hybridized carbons (Fsp3) is 0.250. The molecule has 2 heterocycles. The second kappa shape index (κ2) is 5.98. The normalized spacial score (nSPS) is 12.9. The molecule has 0 aliphatic carbocycles. The van der Waals surface area contributed by atoms with Crippen molar-refractivity contribution in [2.45, 2.75) is 19.9 Å². The zero-order valence-electron chi connectivity index (χ0n) is 11.4. The van der Waals surface area contributed by atoms with E-state index in [9.17, 15) is 0 Å². The van der Waals surface area contributed by atoms with Crippen LogP contribution in [0.25, 0.3) is 10.1 Å². The maximum atomic E-state index is 3.70. The van der Waals surface area contributed by atoms with E-state index in [0.29, 0.717) is 0 Å². The van der Waals surface area contributed by atoms with Crippen LogP contribution in [0.4, 0.5) is 0 Å². The third-order valence-corrected chi connectivity index (χ3v) is 6.45. The fourth-order valence-corrected chi connectivity index (χ4v) is 5.57. The lowest BCUT2D eigenvalue weighted by atomic mass is 10.1. The van der Waals surface area contributed by atoms with Crippen molar-refractivity contribution in [2.24, 2.45) is 0 Å². The van der Waals surface area contributed by atoms with Crippen molar-refractivity contribution < 1.29 is 0 Å². The van der Waals surface area contributed by atoms with E-state index in [2.05, 4.69) is 71.5 Å². The van der Waals surface area contributed by atoms with Crippen LogP contribution in [0.5, 0.6) is 0 Å². The van der Waals surface area contributed by atoms with Crippen LogP contribution < -0.4 is 5.32 Å². The van der Waals surface area contributed by atoms with E-state index >= 15 is 0 Å². The molecule has 2 aromatic heterocycles. The molecule has 0 spiro atoms. The Balaban J connectivity index is 2.08. The SMILES string of the molecule is CCNC(c1cc2ccccc2s1)c1sc(C)cc1Br. The van der Waals surface area contributed by atoms with Gasteiger partial charge >= 0.3 is 0 Å². The van der Waals surface area contributed by atoms with Gasteiger partial charge in [0, 0.05) is 23.8 Å². The zero-order chi connectivity index (χ0) is 14.1. The summed E-state index contributed by atoms with van der Waals surface area (Å²) in [5.41, 5.74) is 0. The van der Waals surface area contributed by atoms with Gasteiger partial charge in [-0.05, 0) is 53.0 Å². The van der Waals surface area contributed by atoms with Gasteiger partial charge in [-0.25, -0.2) is 0 Å². The van der Waals surface area contributed by atoms with E-state index in [-0.39, 0.29) is 6.04 Å². The van der Waals surface area contributed by atoms with Gasteiger partial charge in [0.1, 0.15) is 0 Å². The molecule has 0 fully saturated rings. The van der Waals surface area contributed by atoms with Crippen LogP contribution in [0, 0.1) is 6.92 Å². The topological polar surface area (TPSA) is 12.0 Å². The van der Waals surface area contributed by atoms with E-state index in [0.717, 1.165) is 6.54 Å². The van der Waals surface area contributed by atoms with Crippen molar-refractivity contribution in [3.8, 4) is 0 Å². The number of hydrogen-bond acceptors (Lipinski definition) is 3. The molecule has 104 valence electrons. The predicted molar refractivity (Wildman–Crippen MR) is 94.1 cm³/mol. The average molecular weight is 366 g/mol. The highest BCUT2D eigenvalue weighted by atomic mass is 79.9. The Hall–Kier alpha value is -0.680. The summed E-state index contributed by atoms with van der Waals surface area (Å²) in [7, 11) is 0. The zero-order valence-corrected chi connectivity index (χ0v) is 14.7. The molecule has 0 radical (unpaired) electrons. The third kappa shape index (κ3) is 2.70. The Morgan fingerprint density at radius 3 is 2.65 bits per heavy atom. The molecule has 1 N–H and O–H groups in total. The second-order valence-electron chi connectivity index (χ2n) is 4.75. The second-order valence-corrected chi connectivity index (χ2v) is 8.00. The largest absolute Gasteiger partial charge is 0.305 e. The Labute approximate surface area is 135 Å². The van der Waals surface area contributed by atoms with Crippen molar-refractivity contribution in [1.29, 1.82) is 0 Å². The van der Waals surface area contributed by atoms with Crippen molar-refractivity contribution >= 4 is 48.7 Å². The van der Waals surface area contributed by atoms with Gasteiger partial charge in [-0.1, -0.05) is 25.1 Å². The molecule has 0 saturated carbocycles. The Bertz CT molecular complexity index is 696. The Kier molecular flexibility index (Phi) is 4.26. The van der Waals surface area contributed by atoms with E-state index in [1.54, 1.807) is 0 Å².